The molecular formula is C19H20N4O2S. The lowest BCUT2D eigenvalue weighted by molar-refractivity contribution is 0.428. The number of rotatable bonds is 4. The van der Waals surface area contributed by atoms with Crippen molar-refractivity contribution in [3.8, 4) is 0 Å². The molecule has 2 aliphatic rings. The van der Waals surface area contributed by atoms with Crippen molar-refractivity contribution in [1.29, 1.82) is 0 Å². The molecule has 1 saturated heterocycles. The molecule has 2 heterocycles. The van der Waals surface area contributed by atoms with Gasteiger partial charge < -0.3 is 0 Å². The first-order chi connectivity index (χ1) is 12.6. The van der Waals surface area contributed by atoms with Gasteiger partial charge in [-0.2, -0.15) is 4.31 Å². The van der Waals surface area contributed by atoms with E-state index in [1.54, 1.807) is 10.4 Å². The molecule has 26 heavy (non-hydrogen) atoms. The topological polar surface area (TPSA) is 68.1 Å². The molecule has 3 aromatic rings. The number of sulfonamides is 1. The minimum atomic E-state index is -3.53. The van der Waals surface area contributed by atoms with Gasteiger partial charge in [0.05, 0.1) is 16.6 Å². The van der Waals surface area contributed by atoms with Crippen LogP contribution in [0.15, 0.2) is 53.6 Å². The van der Waals surface area contributed by atoms with Crippen LogP contribution in [-0.4, -0.2) is 40.8 Å². The van der Waals surface area contributed by atoms with Crippen LogP contribution in [0, 0.1) is 0 Å². The van der Waals surface area contributed by atoms with Crippen molar-refractivity contribution in [2.75, 3.05) is 13.1 Å². The quantitative estimate of drug-likeness (QED) is 0.710. The predicted octanol–water partition coefficient (Wildman–Crippen LogP) is 2.94. The summed E-state index contributed by atoms with van der Waals surface area (Å²) in [5, 5.41) is 10.2. The molecule has 5 rings (SSSR count). The average Bonchev–Trinajstić information content (AvgIpc) is 3.18. The molecule has 2 fully saturated rings. The molecule has 134 valence electrons. The van der Waals surface area contributed by atoms with Gasteiger partial charge in [0.25, 0.3) is 0 Å². The maximum absolute atomic E-state index is 13.2. The Morgan fingerprint density at radius 1 is 1.00 bits per heavy atom. The van der Waals surface area contributed by atoms with Gasteiger partial charge in [-0.15, -0.1) is 5.10 Å². The molecule has 0 N–H and O–H groups in total. The van der Waals surface area contributed by atoms with Gasteiger partial charge in [0.15, 0.2) is 0 Å². The molecule has 0 spiro atoms. The van der Waals surface area contributed by atoms with Crippen molar-refractivity contribution in [3.05, 3.63) is 54.4 Å². The lowest BCUT2D eigenvalue weighted by Gasteiger charge is -2.18. The van der Waals surface area contributed by atoms with E-state index in [4.69, 9.17) is 0 Å². The first kappa shape index (κ1) is 16.0. The van der Waals surface area contributed by atoms with Crippen LogP contribution in [-0.2, 0) is 10.0 Å². The Balaban J connectivity index is 1.43. The van der Waals surface area contributed by atoms with Crippen LogP contribution in [0.1, 0.15) is 36.9 Å². The summed E-state index contributed by atoms with van der Waals surface area (Å²) >= 11 is 0. The molecule has 6 nitrogen and oxygen atoms in total. The highest BCUT2D eigenvalue weighted by Gasteiger charge is 2.35. The molecule has 0 bridgehead atoms. The second-order valence-corrected chi connectivity index (χ2v) is 9.09. The molecule has 1 aromatic heterocycles. The van der Waals surface area contributed by atoms with E-state index in [-0.39, 0.29) is 6.04 Å². The molecule has 0 radical (unpaired) electrons. The summed E-state index contributed by atoms with van der Waals surface area (Å²) in [5.41, 5.74) is 1.04. The maximum atomic E-state index is 13.2. The highest BCUT2D eigenvalue weighted by atomic mass is 32.2. The Morgan fingerprint density at radius 2 is 1.81 bits per heavy atom. The van der Waals surface area contributed by atoms with Crippen molar-refractivity contribution < 1.29 is 8.42 Å². The summed E-state index contributed by atoms with van der Waals surface area (Å²) in [6.45, 7) is 0.952. The number of hydrogen-bond acceptors (Lipinski definition) is 4. The molecule has 7 heteroatoms. The van der Waals surface area contributed by atoms with Crippen LogP contribution in [0.5, 0.6) is 0 Å². The van der Waals surface area contributed by atoms with Gasteiger partial charge in [0, 0.05) is 30.6 Å². The second-order valence-electron chi connectivity index (χ2n) is 7.18. The Hall–Kier alpha value is -2.25. The summed E-state index contributed by atoms with van der Waals surface area (Å²) in [5.74, 6) is 0.556. The Labute approximate surface area is 152 Å². The SMILES string of the molecule is O=S(=O)(c1cccc2ccccc12)N1CCC(n2cc(C3CC3)nn2)C1. The molecule has 2 aromatic carbocycles. The smallest absolute Gasteiger partial charge is 0.243 e. The predicted molar refractivity (Wildman–Crippen MR) is 98.4 cm³/mol. The van der Waals surface area contributed by atoms with E-state index in [9.17, 15) is 8.42 Å². The summed E-state index contributed by atoms with van der Waals surface area (Å²) in [6.07, 6.45) is 5.13. The fraction of sp³-hybridized carbons (Fsp3) is 0.368. The third kappa shape index (κ3) is 2.62. The van der Waals surface area contributed by atoms with Gasteiger partial charge >= 0.3 is 0 Å². The standard InChI is InChI=1S/C19H20N4O2S/c24-26(25,19-7-3-5-14-4-1-2-6-17(14)19)22-11-10-16(12-22)23-13-18(20-21-23)15-8-9-15/h1-7,13,15-16H,8-12H2. The van der Waals surface area contributed by atoms with Crippen LogP contribution in [0.2, 0.25) is 0 Å². The third-order valence-corrected chi connectivity index (χ3v) is 7.31. The van der Waals surface area contributed by atoms with Crippen molar-refractivity contribution >= 4 is 20.8 Å². The lowest BCUT2D eigenvalue weighted by atomic mass is 10.1. The number of benzene rings is 2. The van der Waals surface area contributed by atoms with Crippen LogP contribution >= 0.6 is 0 Å². The molecule has 1 saturated carbocycles. The van der Waals surface area contributed by atoms with E-state index in [1.807, 2.05) is 47.3 Å². The zero-order valence-electron chi connectivity index (χ0n) is 14.3. The van der Waals surface area contributed by atoms with Crippen LogP contribution in [0.25, 0.3) is 10.8 Å². The zero-order valence-corrected chi connectivity index (χ0v) is 15.1. The average molecular weight is 368 g/mol. The third-order valence-electron chi connectivity index (χ3n) is 5.39. The highest BCUT2D eigenvalue weighted by molar-refractivity contribution is 7.89. The summed E-state index contributed by atoms with van der Waals surface area (Å²) < 4.78 is 29.9. The van der Waals surface area contributed by atoms with Gasteiger partial charge in [-0.25, -0.2) is 13.1 Å². The number of hydrogen-bond donors (Lipinski definition) is 0. The van der Waals surface area contributed by atoms with Gasteiger partial charge in [-0.1, -0.05) is 41.6 Å². The van der Waals surface area contributed by atoms with Crippen molar-refractivity contribution in [2.45, 2.75) is 36.1 Å². The molecule has 1 atom stereocenters. The van der Waals surface area contributed by atoms with E-state index in [2.05, 4.69) is 10.3 Å². The largest absolute Gasteiger partial charge is 0.248 e. The summed E-state index contributed by atoms with van der Waals surface area (Å²) in [6, 6.07) is 13.1. The van der Waals surface area contributed by atoms with E-state index in [1.165, 1.54) is 12.8 Å². The zero-order chi connectivity index (χ0) is 17.7. The molecular weight excluding hydrogens is 348 g/mol. The summed E-state index contributed by atoms with van der Waals surface area (Å²) in [7, 11) is -3.53. The van der Waals surface area contributed by atoms with Crippen LogP contribution in [0.4, 0.5) is 0 Å². The highest BCUT2D eigenvalue weighted by Crippen LogP contribution is 2.39. The van der Waals surface area contributed by atoms with E-state index in [0.29, 0.717) is 23.9 Å². The molecule has 1 aliphatic carbocycles. The minimum Gasteiger partial charge on any atom is -0.248 e. The normalized spacial score (nSPS) is 21.5. The molecule has 1 aliphatic heterocycles. The Kier molecular flexibility index (Phi) is 3.62. The van der Waals surface area contributed by atoms with Crippen LogP contribution < -0.4 is 0 Å². The van der Waals surface area contributed by atoms with Crippen LogP contribution in [0.3, 0.4) is 0 Å². The van der Waals surface area contributed by atoms with E-state index >= 15 is 0 Å². The fourth-order valence-corrected chi connectivity index (χ4v) is 5.45. The van der Waals surface area contributed by atoms with E-state index < -0.39 is 10.0 Å². The van der Waals surface area contributed by atoms with Gasteiger partial charge in [-0.3, -0.25) is 0 Å². The molecule has 0 amide bonds. The van der Waals surface area contributed by atoms with Gasteiger partial charge in [0.2, 0.25) is 10.0 Å². The van der Waals surface area contributed by atoms with Crippen molar-refractivity contribution in [2.24, 2.45) is 0 Å². The first-order valence-electron chi connectivity index (χ1n) is 9.02. The maximum Gasteiger partial charge on any atom is 0.243 e. The second kappa shape index (κ2) is 5.89. The number of fused-ring (bicyclic) bond motifs is 1. The lowest BCUT2D eigenvalue weighted by Crippen LogP contribution is -2.29. The minimum absolute atomic E-state index is 0.0553. The fourth-order valence-electron chi connectivity index (χ4n) is 3.74. The van der Waals surface area contributed by atoms with Crippen molar-refractivity contribution in [3.63, 3.8) is 0 Å². The van der Waals surface area contributed by atoms with Crippen molar-refractivity contribution in [1.82, 2.24) is 19.3 Å². The van der Waals surface area contributed by atoms with E-state index in [0.717, 1.165) is 22.9 Å². The molecule has 1 unspecified atom stereocenters. The van der Waals surface area contributed by atoms with Gasteiger partial charge in [-0.05, 0) is 30.7 Å². The Bertz CT molecular complexity index is 1070. The monoisotopic (exact) mass is 368 g/mol. The Morgan fingerprint density at radius 3 is 2.65 bits per heavy atom. The summed E-state index contributed by atoms with van der Waals surface area (Å²) in [4.78, 5) is 0.383. The van der Waals surface area contributed by atoms with Gasteiger partial charge in [0.1, 0.15) is 0 Å². The first-order valence-corrected chi connectivity index (χ1v) is 10.5. The number of nitrogens with zero attached hydrogens (tertiary/aromatic N) is 4. The number of aromatic nitrogens is 3.